The minimum Gasteiger partial charge on any atom is -0.505 e. The number of benzene rings is 1. The van der Waals surface area contributed by atoms with Gasteiger partial charge in [-0.25, -0.2) is 0 Å². The Kier molecular flexibility index (Phi) is 4.10. The molecule has 1 aromatic rings. The van der Waals surface area contributed by atoms with Crippen molar-refractivity contribution in [3.05, 3.63) is 23.3 Å². The highest BCUT2D eigenvalue weighted by Crippen LogP contribution is 2.35. The van der Waals surface area contributed by atoms with Crippen molar-refractivity contribution in [2.75, 3.05) is 0 Å². The molecule has 4 heteroatoms. The Balaban J connectivity index is 0.000000606. The van der Waals surface area contributed by atoms with E-state index in [0.717, 1.165) is 6.42 Å². The van der Waals surface area contributed by atoms with Crippen molar-refractivity contribution in [1.29, 1.82) is 0 Å². The largest absolute Gasteiger partial charge is 0.505 e. The van der Waals surface area contributed by atoms with E-state index >= 15 is 0 Å². The third-order valence-corrected chi connectivity index (χ3v) is 2.36. The molecule has 0 amide bonds. The van der Waals surface area contributed by atoms with Crippen LogP contribution in [0.3, 0.4) is 0 Å². The van der Waals surface area contributed by atoms with Gasteiger partial charge in [-0.1, -0.05) is 13.8 Å². The third kappa shape index (κ3) is 2.26. The molecule has 0 saturated carbocycles. The van der Waals surface area contributed by atoms with Crippen molar-refractivity contribution < 1.29 is 18.6 Å². The maximum Gasteiger partial charge on any atom is 0.204 e. The van der Waals surface area contributed by atoms with Gasteiger partial charge in [0, 0.05) is 5.56 Å². The molecule has 0 spiro atoms. The molecule has 1 aromatic carbocycles. The zero-order valence-corrected chi connectivity index (χ0v) is 9.68. The lowest BCUT2D eigenvalue weighted by atomic mass is 10.0. The van der Waals surface area contributed by atoms with E-state index in [1.807, 2.05) is 13.8 Å². The first kappa shape index (κ1) is 12.7. The fraction of sp³-hybridized carbons (Fsp3) is 0.500. The van der Waals surface area contributed by atoms with E-state index in [4.69, 9.17) is 9.84 Å². The number of rotatable bonds is 0. The average molecular weight is 230 g/mol. The summed E-state index contributed by atoms with van der Waals surface area (Å²) in [6.45, 7) is 5.80. The predicted octanol–water partition coefficient (Wildman–Crippen LogP) is 3.41. The number of phenolic OH excluding ortho intramolecular Hbond substituents is 1. The molecule has 0 fully saturated rings. The molecule has 2 nitrogen and oxygen atoms in total. The highest BCUT2D eigenvalue weighted by Gasteiger charge is 2.24. The summed E-state index contributed by atoms with van der Waals surface area (Å²) >= 11 is 0. The molecule has 0 aliphatic carbocycles. The van der Waals surface area contributed by atoms with Crippen LogP contribution in [0.15, 0.2) is 6.07 Å². The summed E-state index contributed by atoms with van der Waals surface area (Å²) in [5.41, 5.74) is 0.527. The number of hydrogen-bond acceptors (Lipinski definition) is 2. The van der Waals surface area contributed by atoms with Gasteiger partial charge in [-0.2, -0.15) is 8.78 Å². The van der Waals surface area contributed by atoms with Gasteiger partial charge in [-0.3, -0.25) is 0 Å². The Morgan fingerprint density at radius 1 is 1.31 bits per heavy atom. The number of aryl methyl sites for hydroxylation is 1. The van der Waals surface area contributed by atoms with E-state index in [2.05, 4.69) is 0 Å². The second-order valence-electron chi connectivity index (χ2n) is 3.48. The van der Waals surface area contributed by atoms with Crippen molar-refractivity contribution in [3.63, 3.8) is 0 Å². The summed E-state index contributed by atoms with van der Waals surface area (Å²) in [6, 6.07) is 1.22. The van der Waals surface area contributed by atoms with Crippen LogP contribution in [0.1, 0.15) is 32.8 Å². The first-order chi connectivity index (χ1) is 7.59. The molecule has 0 aromatic heterocycles. The lowest BCUT2D eigenvalue weighted by molar-refractivity contribution is 0.179. The van der Waals surface area contributed by atoms with Gasteiger partial charge in [0.15, 0.2) is 11.5 Å². The van der Waals surface area contributed by atoms with Crippen molar-refractivity contribution >= 4 is 0 Å². The van der Waals surface area contributed by atoms with E-state index < -0.39 is 17.4 Å². The monoisotopic (exact) mass is 230 g/mol. The molecule has 0 saturated heterocycles. The Morgan fingerprint density at radius 3 is 2.56 bits per heavy atom. The first-order valence-corrected chi connectivity index (χ1v) is 5.46. The zero-order chi connectivity index (χ0) is 12.3. The highest BCUT2D eigenvalue weighted by atomic mass is 19.2. The molecule has 16 heavy (non-hydrogen) atoms. The molecule has 0 bridgehead atoms. The Labute approximate surface area is 93.9 Å². The Hall–Kier alpha value is -1.32. The van der Waals surface area contributed by atoms with Gasteiger partial charge in [0.25, 0.3) is 0 Å². The first-order valence-electron chi connectivity index (χ1n) is 5.46. The molecule has 1 unspecified atom stereocenters. The van der Waals surface area contributed by atoms with Crippen LogP contribution in [0.5, 0.6) is 11.5 Å². The second-order valence-corrected chi connectivity index (χ2v) is 3.48. The van der Waals surface area contributed by atoms with Gasteiger partial charge in [0.2, 0.25) is 11.6 Å². The summed E-state index contributed by atoms with van der Waals surface area (Å²) in [5.74, 6) is -3.04. The molecule has 2 rings (SSSR count). The molecule has 1 aliphatic rings. The van der Waals surface area contributed by atoms with Crippen LogP contribution in [-0.2, 0) is 6.42 Å². The molecule has 0 radical (unpaired) electrons. The lowest BCUT2D eigenvalue weighted by Crippen LogP contribution is -2.20. The van der Waals surface area contributed by atoms with E-state index in [9.17, 15) is 8.78 Å². The molecular formula is C12H16F2O2. The molecular weight excluding hydrogens is 214 g/mol. The van der Waals surface area contributed by atoms with Crippen molar-refractivity contribution in [3.8, 4) is 11.5 Å². The Bertz CT molecular complexity index is 378. The van der Waals surface area contributed by atoms with Crippen LogP contribution < -0.4 is 4.74 Å². The Morgan fingerprint density at radius 2 is 1.94 bits per heavy atom. The fourth-order valence-corrected chi connectivity index (χ4v) is 1.58. The van der Waals surface area contributed by atoms with E-state index in [1.165, 1.54) is 6.07 Å². The summed E-state index contributed by atoms with van der Waals surface area (Å²) < 4.78 is 31.4. The van der Waals surface area contributed by atoms with E-state index in [-0.39, 0.29) is 11.9 Å². The van der Waals surface area contributed by atoms with Crippen LogP contribution in [0.25, 0.3) is 0 Å². The SMILES string of the molecule is CC.CC1CCc2cc(O)c(F)c(F)c2O1. The van der Waals surface area contributed by atoms with Crippen LogP contribution in [-0.4, -0.2) is 11.2 Å². The highest BCUT2D eigenvalue weighted by molar-refractivity contribution is 5.43. The number of halogens is 2. The number of hydrogen-bond donors (Lipinski definition) is 1. The zero-order valence-electron chi connectivity index (χ0n) is 9.68. The van der Waals surface area contributed by atoms with Crippen molar-refractivity contribution in [2.45, 2.75) is 39.7 Å². The van der Waals surface area contributed by atoms with Crippen molar-refractivity contribution in [1.82, 2.24) is 0 Å². The van der Waals surface area contributed by atoms with E-state index in [1.54, 1.807) is 6.92 Å². The van der Waals surface area contributed by atoms with Crippen LogP contribution in [0.2, 0.25) is 0 Å². The number of fused-ring (bicyclic) bond motifs is 1. The minimum atomic E-state index is -1.24. The summed E-state index contributed by atoms with van der Waals surface area (Å²) in [5, 5.41) is 9.05. The normalized spacial score (nSPS) is 17.9. The van der Waals surface area contributed by atoms with Gasteiger partial charge < -0.3 is 9.84 Å². The molecule has 1 N–H and O–H groups in total. The maximum absolute atomic E-state index is 13.3. The number of aromatic hydroxyl groups is 1. The minimum absolute atomic E-state index is 0.0564. The van der Waals surface area contributed by atoms with Gasteiger partial charge in [0.1, 0.15) is 0 Å². The number of ether oxygens (including phenoxy) is 1. The smallest absolute Gasteiger partial charge is 0.204 e. The fourth-order valence-electron chi connectivity index (χ4n) is 1.58. The number of phenols is 1. The summed E-state index contributed by atoms with van der Waals surface area (Å²) in [4.78, 5) is 0. The molecule has 1 heterocycles. The van der Waals surface area contributed by atoms with Gasteiger partial charge in [0.05, 0.1) is 6.10 Å². The second kappa shape index (κ2) is 5.14. The molecule has 90 valence electrons. The lowest BCUT2D eigenvalue weighted by Gasteiger charge is -2.23. The summed E-state index contributed by atoms with van der Waals surface area (Å²) in [6.07, 6.45) is 1.24. The van der Waals surface area contributed by atoms with E-state index in [0.29, 0.717) is 12.0 Å². The van der Waals surface area contributed by atoms with Gasteiger partial charge in [-0.05, 0) is 25.8 Å². The predicted molar refractivity (Wildman–Crippen MR) is 57.8 cm³/mol. The van der Waals surface area contributed by atoms with Crippen LogP contribution in [0.4, 0.5) is 8.78 Å². The summed E-state index contributed by atoms with van der Waals surface area (Å²) in [7, 11) is 0. The standard InChI is InChI=1S/C10H10F2O2.C2H6/c1-5-2-3-6-4-7(13)8(11)9(12)10(6)14-5;1-2/h4-5,13H,2-3H2,1H3;1-2H3. The quantitative estimate of drug-likeness (QED) is 0.740. The average Bonchev–Trinajstić information content (AvgIpc) is 2.30. The van der Waals surface area contributed by atoms with Crippen molar-refractivity contribution in [2.24, 2.45) is 0 Å². The molecule has 1 atom stereocenters. The van der Waals surface area contributed by atoms with Gasteiger partial charge in [-0.15, -0.1) is 0 Å². The maximum atomic E-state index is 13.3. The topological polar surface area (TPSA) is 29.5 Å². The van der Waals surface area contributed by atoms with Gasteiger partial charge >= 0.3 is 0 Å². The third-order valence-electron chi connectivity index (χ3n) is 2.36. The van der Waals surface area contributed by atoms with Crippen LogP contribution in [0, 0.1) is 11.6 Å². The molecule has 1 aliphatic heterocycles. The van der Waals surface area contributed by atoms with Crippen LogP contribution >= 0.6 is 0 Å².